The molecule has 0 unspecified atom stereocenters. The van der Waals surface area contributed by atoms with E-state index in [2.05, 4.69) is 10.3 Å². The summed E-state index contributed by atoms with van der Waals surface area (Å²) in [4.78, 5) is 43.0. The van der Waals surface area contributed by atoms with Crippen molar-refractivity contribution in [3.05, 3.63) is 65.3 Å². The zero-order valence-electron chi connectivity index (χ0n) is 17.8. The molecule has 8 nitrogen and oxygen atoms in total. The number of fused-ring (bicyclic) bond motifs is 1. The molecule has 3 N–H and O–H groups in total. The summed E-state index contributed by atoms with van der Waals surface area (Å²) < 4.78 is 5.69. The highest BCUT2D eigenvalue weighted by Crippen LogP contribution is 2.29. The quantitative estimate of drug-likeness (QED) is 0.578. The maximum Gasteiger partial charge on any atom is 0.262 e. The van der Waals surface area contributed by atoms with Gasteiger partial charge in [0.05, 0.1) is 16.3 Å². The molecular weight excluding hydrogens is 444 g/mol. The molecule has 0 atom stereocenters. The Morgan fingerprint density at radius 2 is 1.85 bits per heavy atom. The molecule has 1 fully saturated rings. The maximum atomic E-state index is 13.0. The number of carbonyl (C=O) groups excluding carboxylic acids is 3. The van der Waals surface area contributed by atoms with Crippen LogP contribution in [0.4, 0.5) is 5.69 Å². The van der Waals surface area contributed by atoms with Crippen molar-refractivity contribution in [1.82, 2.24) is 9.88 Å². The van der Waals surface area contributed by atoms with Gasteiger partial charge in [0, 0.05) is 30.6 Å². The minimum Gasteiger partial charge on any atom is -0.481 e. The molecule has 0 bridgehead atoms. The number of nitrogens with one attached hydrogen (secondary N) is 1. The van der Waals surface area contributed by atoms with Gasteiger partial charge in [0.15, 0.2) is 6.61 Å². The minimum absolute atomic E-state index is 0.206. The largest absolute Gasteiger partial charge is 0.481 e. The summed E-state index contributed by atoms with van der Waals surface area (Å²) in [6.45, 7) is 0.614. The van der Waals surface area contributed by atoms with Crippen LogP contribution >= 0.6 is 11.6 Å². The first-order valence-corrected chi connectivity index (χ1v) is 11.0. The van der Waals surface area contributed by atoms with Gasteiger partial charge in [-0.1, -0.05) is 23.7 Å². The normalized spacial score (nSPS) is 14.2. The van der Waals surface area contributed by atoms with E-state index in [1.54, 1.807) is 53.6 Å². The Labute approximate surface area is 195 Å². The van der Waals surface area contributed by atoms with Crippen LogP contribution in [0.3, 0.4) is 0 Å². The highest BCUT2D eigenvalue weighted by molar-refractivity contribution is 6.35. The number of nitrogens with zero attached hydrogens (tertiary/aromatic N) is 2. The van der Waals surface area contributed by atoms with E-state index in [1.807, 2.05) is 6.07 Å². The fraction of sp³-hybridized carbons (Fsp3) is 0.250. The second-order valence-corrected chi connectivity index (χ2v) is 8.20. The predicted octanol–water partition coefficient (Wildman–Crippen LogP) is 3.24. The lowest BCUT2D eigenvalue weighted by Crippen LogP contribution is -2.42. The maximum absolute atomic E-state index is 13.0. The fourth-order valence-electron chi connectivity index (χ4n) is 3.87. The number of pyridine rings is 1. The third-order valence-corrected chi connectivity index (χ3v) is 5.98. The molecule has 3 amide bonds. The van der Waals surface area contributed by atoms with Gasteiger partial charge in [-0.05, 0) is 49.2 Å². The lowest BCUT2D eigenvalue weighted by atomic mass is 9.95. The number of aromatic nitrogens is 1. The number of hydrogen-bond donors (Lipinski definition) is 2. The number of anilines is 1. The SMILES string of the molecule is NC(=O)C1CCN(C(=O)c2ccccc2NC(=O)COc2ccc(Cl)c3cccnc23)CC1. The number of hydrogen-bond acceptors (Lipinski definition) is 5. The number of rotatable bonds is 6. The average Bonchev–Trinajstić information content (AvgIpc) is 2.84. The van der Waals surface area contributed by atoms with E-state index in [9.17, 15) is 14.4 Å². The van der Waals surface area contributed by atoms with Gasteiger partial charge in [-0.3, -0.25) is 19.4 Å². The molecule has 0 aliphatic carbocycles. The van der Waals surface area contributed by atoms with Crippen molar-refractivity contribution in [2.24, 2.45) is 11.7 Å². The van der Waals surface area contributed by atoms with Crippen molar-refractivity contribution in [3.63, 3.8) is 0 Å². The van der Waals surface area contributed by atoms with Crippen LogP contribution < -0.4 is 15.8 Å². The van der Waals surface area contributed by atoms with Crippen molar-refractivity contribution in [2.45, 2.75) is 12.8 Å². The first-order valence-electron chi connectivity index (χ1n) is 10.6. The third kappa shape index (κ3) is 5.06. The average molecular weight is 467 g/mol. The van der Waals surface area contributed by atoms with Gasteiger partial charge < -0.3 is 20.7 Å². The zero-order chi connectivity index (χ0) is 23.4. The predicted molar refractivity (Wildman–Crippen MR) is 125 cm³/mol. The number of piperidine rings is 1. The van der Waals surface area contributed by atoms with Gasteiger partial charge in [-0.2, -0.15) is 0 Å². The summed E-state index contributed by atoms with van der Waals surface area (Å²) >= 11 is 6.20. The van der Waals surface area contributed by atoms with Gasteiger partial charge >= 0.3 is 0 Å². The molecule has 2 aromatic carbocycles. The number of carbonyl (C=O) groups is 3. The van der Waals surface area contributed by atoms with Crippen molar-refractivity contribution in [3.8, 4) is 5.75 Å². The van der Waals surface area contributed by atoms with Crippen LogP contribution in [0.5, 0.6) is 5.75 Å². The first-order chi connectivity index (χ1) is 15.9. The summed E-state index contributed by atoms with van der Waals surface area (Å²) in [6.07, 6.45) is 2.69. The molecule has 33 heavy (non-hydrogen) atoms. The van der Waals surface area contributed by atoms with E-state index >= 15 is 0 Å². The molecule has 0 saturated carbocycles. The molecule has 4 rings (SSSR count). The molecular formula is C24H23ClN4O4. The molecule has 3 aromatic rings. The lowest BCUT2D eigenvalue weighted by molar-refractivity contribution is -0.123. The standard InChI is InChI=1S/C24H23ClN4O4/c25-18-7-8-20(22-16(18)5-3-11-27-22)33-14-21(30)28-19-6-2-1-4-17(19)24(32)29-12-9-15(10-13-29)23(26)31/h1-8,11,15H,9-10,12-14H2,(H2,26,31)(H,28,30). The Morgan fingerprint density at radius 1 is 1.09 bits per heavy atom. The summed E-state index contributed by atoms with van der Waals surface area (Å²) in [5, 5.41) is 4.03. The third-order valence-electron chi connectivity index (χ3n) is 5.65. The Morgan fingerprint density at radius 3 is 2.61 bits per heavy atom. The van der Waals surface area contributed by atoms with Crippen LogP contribution in [0.2, 0.25) is 5.02 Å². The number of amides is 3. The van der Waals surface area contributed by atoms with Gasteiger partial charge in [-0.15, -0.1) is 0 Å². The van der Waals surface area contributed by atoms with Crippen LogP contribution in [0.1, 0.15) is 23.2 Å². The number of para-hydroxylation sites is 1. The van der Waals surface area contributed by atoms with Crippen LogP contribution in [-0.4, -0.2) is 47.3 Å². The van der Waals surface area contributed by atoms with E-state index < -0.39 is 5.91 Å². The number of ether oxygens (including phenoxy) is 1. The molecule has 1 aliphatic heterocycles. The van der Waals surface area contributed by atoms with E-state index in [-0.39, 0.29) is 24.3 Å². The number of likely N-dealkylation sites (tertiary alicyclic amines) is 1. The first kappa shape index (κ1) is 22.5. The highest BCUT2D eigenvalue weighted by Gasteiger charge is 2.27. The molecule has 2 heterocycles. The minimum atomic E-state index is -0.415. The Bertz CT molecular complexity index is 1210. The van der Waals surface area contributed by atoms with Gasteiger partial charge in [0.1, 0.15) is 11.3 Å². The van der Waals surface area contributed by atoms with Crippen LogP contribution in [-0.2, 0) is 9.59 Å². The molecule has 1 aromatic heterocycles. The second-order valence-electron chi connectivity index (χ2n) is 7.80. The number of primary amides is 1. The number of benzene rings is 2. The zero-order valence-corrected chi connectivity index (χ0v) is 18.5. The molecule has 0 spiro atoms. The topological polar surface area (TPSA) is 115 Å². The number of nitrogens with two attached hydrogens (primary N) is 1. The monoisotopic (exact) mass is 466 g/mol. The Hall–Kier alpha value is -3.65. The van der Waals surface area contributed by atoms with Crippen molar-refractivity contribution in [1.29, 1.82) is 0 Å². The van der Waals surface area contributed by atoms with Crippen LogP contribution in [0.25, 0.3) is 10.9 Å². The van der Waals surface area contributed by atoms with Gasteiger partial charge in [-0.25, -0.2) is 0 Å². The molecule has 170 valence electrons. The van der Waals surface area contributed by atoms with Gasteiger partial charge in [0.2, 0.25) is 5.91 Å². The van der Waals surface area contributed by atoms with E-state index in [4.69, 9.17) is 22.1 Å². The Balaban J connectivity index is 1.42. The fourth-order valence-corrected chi connectivity index (χ4v) is 4.09. The summed E-state index contributed by atoms with van der Waals surface area (Å²) in [5.41, 5.74) is 6.71. The summed E-state index contributed by atoms with van der Waals surface area (Å²) in [6, 6.07) is 13.8. The molecule has 0 radical (unpaired) electrons. The van der Waals surface area contributed by atoms with E-state index in [1.165, 1.54) is 0 Å². The Kier molecular flexibility index (Phi) is 6.74. The molecule has 9 heteroatoms. The van der Waals surface area contributed by atoms with Crippen molar-refractivity contribution in [2.75, 3.05) is 25.0 Å². The second kappa shape index (κ2) is 9.87. The smallest absolute Gasteiger partial charge is 0.262 e. The van der Waals surface area contributed by atoms with E-state index in [0.29, 0.717) is 53.5 Å². The summed E-state index contributed by atoms with van der Waals surface area (Å²) in [5.74, 6) is -0.728. The molecule has 1 saturated heterocycles. The van der Waals surface area contributed by atoms with Crippen LogP contribution in [0, 0.1) is 5.92 Å². The van der Waals surface area contributed by atoms with Gasteiger partial charge in [0.25, 0.3) is 11.8 Å². The van der Waals surface area contributed by atoms with Crippen LogP contribution in [0.15, 0.2) is 54.7 Å². The molecule has 1 aliphatic rings. The summed E-state index contributed by atoms with van der Waals surface area (Å²) in [7, 11) is 0. The lowest BCUT2D eigenvalue weighted by Gasteiger charge is -2.31. The highest BCUT2D eigenvalue weighted by atomic mass is 35.5. The van der Waals surface area contributed by atoms with Crippen molar-refractivity contribution >= 4 is 45.9 Å². The van der Waals surface area contributed by atoms with E-state index in [0.717, 1.165) is 5.39 Å². The van der Waals surface area contributed by atoms with Crippen molar-refractivity contribution < 1.29 is 19.1 Å². The number of halogens is 1.